The van der Waals surface area contributed by atoms with Gasteiger partial charge in [-0.15, -0.1) is 0 Å². The Balaban J connectivity index is 1.66. The minimum atomic E-state index is -0.702. The molecule has 0 radical (unpaired) electrons. The molecule has 1 atom stereocenters. The molecule has 2 aromatic rings. The van der Waals surface area contributed by atoms with E-state index in [2.05, 4.69) is 19.2 Å². The van der Waals surface area contributed by atoms with Gasteiger partial charge in [-0.25, -0.2) is 0 Å². The Labute approximate surface area is 171 Å². The molecule has 6 heteroatoms. The molecule has 1 fully saturated rings. The Morgan fingerprint density at radius 3 is 2.31 bits per heavy atom. The molecule has 154 valence electrons. The van der Waals surface area contributed by atoms with Gasteiger partial charge in [-0.2, -0.15) is 0 Å². The summed E-state index contributed by atoms with van der Waals surface area (Å²) >= 11 is 0. The van der Waals surface area contributed by atoms with Gasteiger partial charge >= 0.3 is 0 Å². The van der Waals surface area contributed by atoms with E-state index >= 15 is 0 Å². The van der Waals surface area contributed by atoms with Crippen molar-refractivity contribution in [2.75, 3.05) is 31.6 Å². The smallest absolute Gasteiger partial charge is 0.265 e. The lowest BCUT2D eigenvalue weighted by atomic mass is 10.0. The van der Waals surface area contributed by atoms with Gasteiger partial charge in [-0.3, -0.25) is 9.59 Å². The first-order valence-electron chi connectivity index (χ1n) is 9.99. The van der Waals surface area contributed by atoms with Crippen LogP contribution in [0.2, 0.25) is 0 Å². The van der Waals surface area contributed by atoms with E-state index in [4.69, 9.17) is 9.47 Å². The molecule has 0 aliphatic carbocycles. The zero-order valence-corrected chi connectivity index (χ0v) is 17.2. The number of rotatable bonds is 6. The van der Waals surface area contributed by atoms with Crippen LogP contribution in [0.15, 0.2) is 48.5 Å². The predicted molar refractivity (Wildman–Crippen MR) is 112 cm³/mol. The summed E-state index contributed by atoms with van der Waals surface area (Å²) in [6.07, 6.45) is -0.702. The van der Waals surface area contributed by atoms with E-state index in [0.717, 1.165) is 0 Å². The number of benzene rings is 2. The highest BCUT2D eigenvalue weighted by Crippen LogP contribution is 2.21. The molecule has 0 saturated carbocycles. The van der Waals surface area contributed by atoms with Crippen LogP contribution in [-0.2, 0) is 9.53 Å². The minimum Gasteiger partial charge on any atom is -0.481 e. The molecular formula is C23H28N2O4. The third-order valence-electron chi connectivity index (χ3n) is 4.94. The Hall–Kier alpha value is -2.86. The van der Waals surface area contributed by atoms with Gasteiger partial charge in [0.2, 0.25) is 0 Å². The Morgan fingerprint density at radius 2 is 1.66 bits per heavy atom. The number of para-hydroxylation sites is 1. The number of hydrogen-bond donors (Lipinski definition) is 1. The molecule has 29 heavy (non-hydrogen) atoms. The number of hydrogen-bond acceptors (Lipinski definition) is 4. The highest BCUT2D eigenvalue weighted by atomic mass is 16.5. The van der Waals surface area contributed by atoms with E-state index < -0.39 is 6.10 Å². The van der Waals surface area contributed by atoms with Gasteiger partial charge in [-0.1, -0.05) is 38.1 Å². The third kappa shape index (κ3) is 5.35. The van der Waals surface area contributed by atoms with Gasteiger partial charge in [0.25, 0.3) is 11.8 Å². The highest BCUT2D eigenvalue weighted by Gasteiger charge is 2.23. The zero-order valence-electron chi connectivity index (χ0n) is 17.2. The molecule has 1 aliphatic rings. The van der Waals surface area contributed by atoms with Crippen molar-refractivity contribution in [1.82, 2.24) is 4.90 Å². The summed E-state index contributed by atoms with van der Waals surface area (Å²) in [7, 11) is 0. The standard InChI is InChI=1S/C23H28N2O4/c1-16(2)18-8-10-19(11-9-18)29-17(3)22(26)24-21-7-5-4-6-20(21)23(27)25-12-14-28-15-13-25/h4-11,16-17H,12-15H2,1-3H3,(H,24,26)/t17-/m1/s1. The summed E-state index contributed by atoms with van der Waals surface area (Å²) in [6, 6.07) is 14.8. The zero-order chi connectivity index (χ0) is 20.8. The summed E-state index contributed by atoms with van der Waals surface area (Å²) in [5.74, 6) is 0.655. The summed E-state index contributed by atoms with van der Waals surface area (Å²) < 4.78 is 11.1. The number of anilines is 1. The highest BCUT2D eigenvalue weighted by molar-refractivity contribution is 6.04. The van der Waals surface area contributed by atoms with Crippen molar-refractivity contribution >= 4 is 17.5 Å². The van der Waals surface area contributed by atoms with E-state index in [0.29, 0.717) is 49.2 Å². The first-order chi connectivity index (χ1) is 14.0. The number of carbonyl (C=O) groups excluding carboxylic acids is 2. The summed E-state index contributed by atoms with van der Waals surface area (Å²) in [5.41, 5.74) is 2.17. The van der Waals surface area contributed by atoms with Crippen molar-refractivity contribution in [2.24, 2.45) is 0 Å². The maximum atomic E-state index is 12.8. The summed E-state index contributed by atoms with van der Waals surface area (Å²) in [5, 5.41) is 2.84. The molecule has 0 unspecified atom stereocenters. The number of morpholine rings is 1. The first-order valence-corrected chi connectivity index (χ1v) is 9.99. The second kappa shape index (κ2) is 9.56. The Kier molecular flexibility index (Phi) is 6.88. The fourth-order valence-corrected chi connectivity index (χ4v) is 3.14. The van der Waals surface area contributed by atoms with Crippen molar-refractivity contribution in [3.63, 3.8) is 0 Å². The third-order valence-corrected chi connectivity index (χ3v) is 4.94. The van der Waals surface area contributed by atoms with Gasteiger partial charge in [0.05, 0.1) is 24.5 Å². The van der Waals surface area contributed by atoms with Gasteiger partial charge in [0.1, 0.15) is 5.75 Å². The van der Waals surface area contributed by atoms with Gasteiger partial charge in [0, 0.05) is 13.1 Å². The fourth-order valence-electron chi connectivity index (χ4n) is 3.14. The second-order valence-electron chi connectivity index (χ2n) is 7.42. The number of amides is 2. The molecule has 1 N–H and O–H groups in total. The molecular weight excluding hydrogens is 368 g/mol. The van der Waals surface area contributed by atoms with Crippen molar-refractivity contribution < 1.29 is 19.1 Å². The van der Waals surface area contributed by atoms with Crippen LogP contribution in [0.1, 0.15) is 42.6 Å². The molecule has 0 bridgehead atoms. The molecule has 2 amide bonds. The van der Waals surface area contributed by atoms with Gasteiger partial charge in [0.15, 0.2) is 6.10 Å². The van der Waals surface area contributed by atoms with E-state index in [-0.39, 0.29) is 11.8 Å². The maximum absolute atomic E-state index is 12.8. The number of nitrogens with zero attached hydrogens (tertiary/aromatic N) is 1. The SMILES string of the molecule is CC(C)c1ccc(O[C@H](C)C(=O)Nc2ccccc2C(=O)N2CCOCC2)cc1. The Morgan fingerprint density at radius 1 is 1.00 bits per heavy atom. The molecule has 1 aliphatic heterocycles. The molecule has 6 nitrogen and oxygen atoms in total. The summed E-state index contributed by atoms with van der Waals surface area (Å²) in [6.45, 7) is 8.10. The van der Waals surface area contributed by atoms with Crippen molar-refractivity contribution in [3.8, 4) is 5.75 Å². The lowest BCUT2D eigenvalue weighted by Gasteiger charge is -2.27. The maximum Gasteiger partial charge on any atom is 0.265 e. The molecule has 0 spiro atoms. The van der Waals surface area contributed by atoms with Gasteiger partial charge < -0.3 is 19.7 Å². The number of nitrogens with one attached hydrogen (secondary N) is 1. The van der Waals surface area contributed by atoms with Crippen molar-refractivity contribution in [1.29, 1.82) is 0 Å². The topological polar surface area (TPSA) is 67.9 Å². The van der Waals surface area contributed by atoms with Crippen LogP contribution < -0.4 is 10.1 Å². The van der Waals surface area contributed by atoms with Crippen LogP contribution in [0, 0.1) is 0 Å². The lowest BCUT2D eigenvalue weighted by Crippen LogP contribution is -2.41. The predicted octanol–water partition coefficient (Wildman–Crippen LogP) is 3.69. The average molecular weight is 396 g/mol. The second-order valence-corrected chi connectivity index (χ2v) is 7.42. The van der Waals surface area contributed by atoms with Crippen LogP contribution in [0.25, 0.3) is 0 Å². The molecule has 2 aromatic carbocycles. The molecule has 0 aromatic heterocycles. The molecule has 1 saturated heterocycles. The quantitative estimate of drug-likeness (QED) is 0.809. The van der Waals surface area contributed by atoms with E-state index in [9.17, 15) is 9.59 Å². The molecule has 1 heterocycles. The summed E-state index contributed by atoms with van der Waals surface area (Å²) in [4.78, 5) is 27.2. The van der Waals surface area contributed by atoms with E-state index in [1.165, 1.54) is 5.56 Å². The normalized spacial score (nSPS) is 15.1. The van der Waals surface area contributed by atoms with Crippen molar-refractivity contribution in [3.05, 3.63) is 59.7 Å². The average Bonchev–Trinajstić information content (AvgIpc) is 2.74. The van der Waals surface area contributed by atoms with Crippen LogP contribution in [0.4, 0.5) is 5.69 Å². The first kappa shape index (κ1) is 20.9. The van der Waals surface area contributed by atoms with Crippen LogP contribution >= 0.6 is 0 Å². The monoisotopic (exact) mass is 396 g/mol. The molecule has 3 rings (SSSR count). The van der Waals surface area contributed by atoms with Crippen molar-refractivity contribution in [2.45, 2.75) is 32.8 Å². The van der Waals surface area contributed by atoms with Gasteiger partial charge in [-0.05, 0) is 42.7 Å². The van der Waals surface area contributed by atoms with E-state index in [1.807, 2.05) is 24.3 Å². The largest absolute Gasteiger partial charge is 0.481 e. The van der Waals surface area contributed by atoms with Crippen LogP contribution in [0.5, 0.6) is 5.75 Å². The Bertz CT molecular complexity index is 842. The van der Waals surface area contributed by atoms with E-state index in [1.54, 1.807) is 36.1 Å². The van der Waals surface area contributed by atoms with Crippen LogP contribution in [0.3, 0.4) is 0 Å². The fraction of sp³-hybridized carbons (Fsp3) is 0.391. The minimum absolute atomic E-state index is 0.109. The lowest BCUT2D eigenvalue weighted by molar-refractivity contribution is -0.122. The van der Waals surface area contributed by atoms with Crippen LogP contribution in [-0.4, -0.2) is 49.1 Å². The number of ether oxygens (including phenoxy) is 2. The number of carbonyl (C=O) groups is 2.